The van der Waals surface area contributed by atoms with E-state index in [-0.39, 0.29) is 17.7 Å². The Morgan fingerprint density at radius 1 is 1.30 bits per heavy atom. The Hall–Kier alpha value is -1.88. The zero-order valence-electron chi connectivity index (χ0n) is 11.0. The Morgan fingerprint density at radius 3 is 2.85 bits per heavy atom. The molecule has 0 radical (unpaired) electrons. The van der Waals surface area contributed by atoms with Gasteiger partial charge in [-0.05, 0) is 30.4 Å². The Balaban J connectivity index is 1.82. The molecule has 1 aromatic carbocycles. The summed E-state index contributed by atoms with van der Waals surface area (Å²) in [6.07, 6.45) is 1.62. The molecular formula is C15H16N2O2S. The van der Waals surface area contributed by atoms with E-state index in [1.54, 1.807) is 4.90 Å². The highest BCUT2D eigenvalue weighted by Gasteiger charge is 2.28. The second-order valence-corrected chi connectivity index (χ2v) is 6.22. The molecule has 1 aliphatic rings. The second-order valence-electron chi connectivity index (χ2n) is 5.14. The Labute approximate surface area is 121 Å². The number of rotatable bonds is 2. The zero-order chi connectivity index (χ0) is 14.1. The molecule has 2 aromatic rings. The molecule has 3 rings (SSSR count). The number of primary amides is 1. The predicted molar refractivity (Wildman–Crippen MR) is 79.6 cm³/mol. The quantitative estimate of drug-likeness (QED) is 0.921. The van der Waals surface area contributed by atoms with Crippen LogP contribution in [0.4, 0.5) is 0 Å². The summed E-state index contributed by atoms with van der Waals surface area (Å²) in [5.41, 5.74) is 5.36. The lowest BCUT2D eigenvalue weighted by molar-refractivity contribution is -0.123. The van der Waals surface area contributed by atoms with Gasteiger partial charge >= 0.3 is 0 Å². The standard InChI is InChI=1S/C15H16N2O2S/c16-14(18)11-5-3-7-17(9-11)15(19)13-8-10-4-1-2-6-12(10)20-13/h1-2,4,6,8,11H,3,5,7,9H2,(H2,16,18). The predicted octanol–water partition coefficient (Wildman–Crippen LogP) is 2.24. The monoisotopic (exact) mass is 288 g/mol. The van der Waals surface area contributed by atoms with Crippen molar-refractivity contribution in [3.63, 3.8) is 0 Å². The summed E-state index contributed by atoms with van der Waals surface area (Å²) in [6, 6.07) is 9.88. The average molecular weight is 288 g/mol. The van der Waals surface area contributed by atoms with E-state index in [0.717, 1.165) is 27.8 Å². The minimum absolute atomic E-state index is 0.0112. The smallest absolute Gasteiger partial charge is 0.263 e. The summed E-state index contributed by atoms with van der Waals surface area (Å²) >= 11 is 1.50. The van der Waals surface area contributed by atoms with Crippen molar-refractivity contribution >= 4 is 33.2 Å². The van der Waals surface area contributed by atoms with E-state index in [2.05, 4.69) is 0 Å². The summed E-state index contributed by atoms with van der Waals surface area (Å²) in [5.74, 6) is -0.502. The van der Waals surface area contributed by atoms with Crippen LogP contribution in [0.2, 0.25) is 0 Å². The maximum Gasteiger partial charge on any atom is 0.263 e. The number of hydrogen-bond donors (Lipinski definition) is 1. The molecule has 5 heteroatoms. The lowest BCUT2D eigenvalue weighted by atomic mass is 9.97. The van der Waals surface area contributed by atoms with Crippen LogP contribution in [0.3, 0.4) is 0 Å². The highest BCUT2D eigenvalue weighted by molar-refractivity contribution is 7.20. The first-order chi connectivity index (χ1) is 9.65. The summed E-state index contributed by atoms with van der Waals surface area (Å²) in [7, 11) is 0. The summed E-state index contributed by atoms with van der Waals surface area (Å²) in [4.78, 5) is 26.3. The molecular weight excluding hydrogens is 272 g/mol. The van der Waals surface area contributed by atoms with Gasteiger partial charge in [-0.2, -0.15) is 0 Å². The van der Waals surface area contributed by atoms with E-state index < -0.39 is 0 Å². The average Bonchev–Trinajstić information content (AvgIpc) is 2.90. The molecule has 0 spiro atoms. The van der Waals surface area contributed by atoms with Crippen LogP contribution >= 0.6 is 11.3 Å². The molecule has 2 heterocycles. The third kappa shape index (κ3) is 2.41. The first-order valence-electron chi connectivity index (χ1n) is 6.72. The van der Waals surface area contributed by atoms with Crippen molar-refractivity contribution in [2.24, 2.45) is 11.7 Å². The largest absolute Gasteiger partial charge is 0.369 e. The van der Waals surface area contributed by atoms with Gasteiger partial charge in [-0.15, -0.1) is 11.3 Å². The van der Waals surface area contributed by atoms with Crippen LogP contribution in [0, 0.1) is 5.92 Å². The fourth-order valence-electron chi connectivity index (χ4n) is 2.64. The molecule has 1 unspecified atom stereocenters. The zero-order valence-corrected chi connectivity index (χ0v) is 11.9. The summed E-state index contributed by atoms with van der Waals surface area (Å²) in [6.45, 7) is 1.15. The van der Waals surface area contributed by atoms with Crippen molar-refractivity contribution in [3.8, 4) is 0 Å². The number of benzene rings is 1. The van der Waals surface area contributed by atoms with Crippen molar-refractivity contribution in [2.45, 2.75) is 12.8 Å². The van der Waals surface area contributed by atoms with Crippen LogP contribution < -0.4 is 5.73 Å². The molecule has 1 atom stereocenters. The van der Waals surface area contributed by atoms with Gasteiger partial charge in [0.25, 0.3) is 5.91 Å². The van der Waals surface area contributed by atoms with Crippen LogP contribution in [0.15, 0.2) is 30.3 Å². The number of hydrogen-bond acceptors (Lipinski definition) is 3. The van der Waals surface area contributed by atoms with Crippen LogP contribution in [-0.4, -0.2) is 29.8 Å². The van der Waals surface area contributed by atoms with Crippen molar-refractivity contribution in [1.82, 2.24) is 4.90 Å². The van der Waals surface area contributed by atoms with E-state index in [1.165, 1.54) is 11.3 Å². The van der Waals surface area contributed by atoms with Gasteiger partial charge in [-0.1, -0.05) is 18.2 Å². The van der Waals surface area contributed by atoms with E-state index >= 15 is 0 Å². The molecule has 1 saturated heterocycles. The number of nitrogens with zero attached hydrogens (tertiary/aromatic N) is 1. The molecule has 0 saturated carbocycles. The number of nitrogens with two attached hydrogens (primary N) is 1. The van der Waals surface area contributed by atoms with Crippen LogP contribution in [0.5, 0.6) is 0 Å². The maximum atomic E-state index is 12.5. The number of thiophene rings is 1. The van der Waals surface area contributed by atoms with Crippen LogP contribution in [-0.2, 0) is 4.79 Å². The number of likely N-dealkylation sites (tertiary alicyclic amines) is 1. The molecule has 1 aliphatic heterocycles. The molecule has 0 bridgehead atoms. The normalized spacial score (nSPS) is 19.2. The lowest BCUT2D eigenvalue weighted by Gasteiger charge is -2.30. The Bertz CT molecular complexity index is 632. The second kappa shape index (κ2) is 5.25. The first-order valence-corrected chi connectivity index (χ1v) is 7.54. The molecule has 4 nitrogen and oxygen atoms in total. The fraction of sp³-hybridized carbons (Fsp3) is 0.333. The molecule has 104 valence electrons. The molecule has 20 heavy (non-hydrogen) atoms. The van der Waals surface area contributed by atoms with Crippen molar-refractivity contribution in [3.05, 3.63) is 35.2 Å². The number of carbonyl (C=O) groups excluding carboxylic acids is 2. The molecule has 0 aliphatic carbocycles. The summed E-state index contributed by atoms with van der Waals surface area (Å²) in [5, 5.41) is 1.09. The minimum atomic E-state index is -0.307. The first kappa shape index (κ1) is 13.1. The van der Waals surface area contributed by atoms with Crippen LogP contribution in [0.1, 0.15) is 22.5 Å². The fourth-order valence-corrected chi connectivity index (χ4v) is 3.67. The van der Waals surface area contributed by atoms with Crippen molar-refractivity contribution < 1.29 is 9.59 Å². The van der Waals surface area contributed by atoms with Gasteiger partial charge in [0, 0.05) is 17.8 Å². The van der Waals surface area contributed by atoms with Crippen molar-refractivity contribution in [1.29, 1.82) is 0 Å². The third-order valence-corrected chi connectivity index (χ3v) is 4.85. The summed E-state index contributed by atoms with van der Waals surface area (Å²) < 4.78 is 1.11. The number of fused-ring (bicyclic) bond motifs is 1. The van der Waals surface area contributed by atoms with Crippen LogP contribution in [0.25, 0.3) is 10.1 Å². The minimum Gasteiger partial charge on any atom is -0.369 e. The van der Waals surface area contributed by atoms with E-state index in [0.29, 0.717) is 13.1 Å². The Morgan fingerprint density at radius 2 is 2.10 bits per heavy atom. The van der Waals surface area contributed by atoms with Gasteiger partial charge in [0.05, 0.1) is 10.8 Å². The Kier molecular flexibility index (Phi) is 3.44. The third-order valence-electron chi connectivity index (χ3n) is 3.75. The molecule has 1 aromatic heterocycles. The van der Waals surface area contributed by atoms with Gasteiger partial charge in [0.2, 0.25) is 5.91 Å². The lowest BCUT2D eigenvalue weighted by Crippen LogP contribution is -2.43. The van der Waals surface area contributed by atoms with Gasteiger partial charge in [0.15, 0.2) is 0 Å². The number of amides is 2. The molecule has 1 fully saturated rings. The molecule has 2 N–H and O–H groups in total. The number of carbonyl (C=O) groups is 2. The van der Waals surface area contributed by atoms with E-state index in [1.807, 2.05) is 30.3 Å². The van der Waals surface area contributed by atoms with Gasteiger partial charge in [0.1, 0.15) is 0 Å². The number of piperidine rings is 1. The van der Waals surface area contributed by atoms with E-state index in [4.69, 9.17) is 5.73 Å². The van der Waals surface area contributed by atoms with E-state index in [9.17, 15) is 9.59 Å². The molecule has 2 amide bonds. The van der Waals surface area contributed by atoms with Gasteiger partial charge < -0.3 is 10.6 Å². The van der Waals surface area contributed by atoms with Gasteiger partial charge in [-0.25, -0.2) is 0 Å². The van der Waals surface area contributed by atoms with Gasteiger partial charge in [-0.3, -0.25) is 9.59 Å². The maximum absolute atomic E-state index is 12.5. The topological polar surface area (TPSA) is 63.4 Å². The highest BCUT2D eigenvalue weighted by Crippen LogP contribution is 2.27. The highest BCUT2D eigenvalue weighted by atomic mass is 32.1. The SMILES string of the molecule is NC(=O)C1CCCN(C(=O)c2cc3ccccc3s2)C1. The van der Waals surface area contributed by atoms with Crippen molar-refractivity contribution in [2.75, 3.05) is 13.1 Å².